The lowest BCUT2D eigenvalue weighted by atomic mass is 10.1. The molecule has 0 aromatic heterocycles. The monoisotopic (exact) mass is 387 g/mol. The lowest BCUT2D eigenvalue weighted by Crippen LogP contribution is -2.11. The maximum absolute atomic E-state index is 14.1. The van der Waals surface area contributed by atoms with Gasteiger partial charge in [0, 0.05) is 11.4 Å². The smallest absolute Gasteiger partial charge is 0.398 e. The molecule has 0 bridgehead atoms. The number of nitrogens with one attached hydrogen (secondary N) is 1. The summed E-state index contributed by atoms with van der Waals surface area (Å²) < 4.78 is 56.1. The number of carbonyl (C=O) groups is 1. The van der Waals surface area contributed by atoms with E-state index in [0.717, 1.165) is 0 Å². The normalized spacial score (nSPS) is 11.3. The van der Waals surface area contributed by atoms with Gasteiger partial charge in [-0.3, -0.25) is 0 Å². The molecule has 0 atom stereocenters. The molecule has 3 nitrogen and oxygen atoms in total. The number of benzene rings is 2. The minimum absolute atomic E-state index is 0.0694. The fourth-order valence-electron chi connectivity index (χ4n) is 2.28. The maximum Gasteiger partial charge on any atom is 0.398 e. The minimum atomic E-state index is -4.31. The number of carbonyl (C=O) groups excluding carboxylic acids is 1. The largest absolute Gasteiger partial charge is 0.465 e. The average Bonchev–Trinajstić information content (AvgIpc) is 2.59. The van der Waals surface area contributed by atoms with Gasteiger partial charge in [-0.1, -0.05) is 18.2 Å². The summed E-state index contributed by atoms with van der Waals surface area (Å²) in [5.41, 5.74) is 1.42. The van der Waals surface area contributed by atoms with Crippen molar-refractivity contribution in [2.75, 3.05) is 18.2 Å². The summed E-state index contributed by atoms with van der Waals surface area (Å²) in [7, 11) is 1.26. The van der Waals surface area contributed by atoms with E-state index in [0.29, 0.717) is 33.3 Å². The molecule has 0 radical (unpaired) electrons. The Bertz CT molecular complexity index is 793. The number of aryl methyl sites for hydroxylation is 1. The van der Waals surface area contributed by atoms with Crippen LogP contribution in [0.1, 0.15) is 21.5 Å². The molecular weight excluding hydrogens is 370 g/mol. The molecular formula is C18H17F4NO2S. The Morgan fingerprint density at radius 3 is 2.58 bits per heavy atom. The van der Waals surface area contributed by atoms with Gasteiger partial charge in [-0.05, 0) is 36.2 Å². The molecule has 0 amide bonds. The van der Waals surface area contributed by atoms with Gasteiger partial charge in [-0.25, -0.2) is 9.18 Å². The zero-order chi connectivity index (χ0) is 19.3. The molecule has 8 heteroatoms. The molecule has 0 heterocycles. The first-order valence-electron chi connectivity index (χ1n) is 7.61. The predicted octanol–water partition coefficient (Wildman–Crippen LogP) is 5.19. The van der Waals surface area contributed by atoms with Crippen LogP contribution in [0.5, 0.6) is 0 Å². The zero-order valence-electron chi connectivity index (χ0n) is 14.1. The number of hydrogen-bond acceptors (Lipinski definition) is 4. The second kappa shape index (κ2) is 8.44. The van der Waals surface area contributed by atoms with Crippen LogP contribution in [0.3, 0.4) is 0 Å². The van der Waals surface area contributed by atoms with Crippen molar-refractivity contribution >= 4 is 23.4 Å². The summed E-state index contributed by atoms with van der Waals surface area (Å²) in [6, 6.07) is 9.20. The van der Waals surface area contributed by atoms with Crippen molar-refractivity contribution in [2.45, 2.75) is 24.5 Å². The third-order valence-electron chi connectivity index (χ3n) is 3.55. The number of anilines is 1. The van der Waals surface area contributed by atoms with Crippen LogP contribution in [0.15, 0.2) is 41.3 Å². The number of thioether (sulfide) groups is 1. The number of hydrogen-bond donors (Lipinski definition) is 1. The molecule has 0 aliphatic rings. The van der Waals surface area contributed by atoms with Crippen LogP contribution < -0.4 is 5.32 Å². The first-order chi connectivity index (χ1) is 12.2. The van der Waals surface area contributed by atoms with Gasteiger partial charge in [0.2, 0.25) is 0 Å². The van der Waals surface area contributed by atoms with Gasteiger partial charge >= 0.3 is 12.1 Å². The fraction of sp³-hybridized carbons (Fsp3) is 0.278. The number of methoxy groups -OCH3 is 1. The minimum Gasteiger partial charge on any atom is -0.465 e. The van der Waals surface area contributed by atoms with E-state index in [9.17, 15) is 22.4 Å². The van der Waals surface area contributed by atoms with Gasteiger partial charge in [-0.2, -0.15) is 13.2 Å². The first-order valence-corrected chi connectivity index (χ1v) is 8.59. The standard InChI is InChI=1S/C18H17F4NO2S/c1-11-7-14(19)15(8-16(11)26-10-18(20,21)22)23-9-12-5-3-4-6-13(12)17(24)25-2/h3-8,23H,9-10H2,1-2H3. The van der Waals surface area contributed by atoms with E-state index in [1.807, 2.05) is 0 Å². The Kier molecular flexibility index (Phi) is 6.52. The Hall–Kier alpha value is -2.22. The molecule has 140 valence electrons. The highest BCUT2D eigenvalue weighted by Gasteiger charge is 2.27. The molecule has 26 heavy (non-hydrogen) atoms. The van der Waals surface area contributed by atoms with Gasteiger partial charge in [0.15, 0.2) is 0 Å². The van der Waals surface area contributed by atoms with Crippen molar-refractivity contribution in [3.63, 3.8) is 0 Å². The first kappa shape index (κ1) is 20.1. The van der Waals surface area contributed by atoms with E-state index in [-0.39, 0.29) is 12.2 Å². The van der Waals surface area contributed by atoms with Crippen molar-refractivity contribution in [3.05, 3.63) is 58.9 Å². The summed E-state index contributed by atoms with van der Waals surface area (Å²) in [4.78, 5) is 12.1. The molecule has 0 aliphatic carbocycles. The highest BCUT2D eigenvalue weighted by atomic mass is 32.2. The van der Waals surface area contributed by atoms with Gasteiger partial charge in [-0.15, -0.1) is 11.8 Å². The molecule has 0 aliphatic heterocycles. The highest BCUT2D eigenvalue weighted by molar-refractivity contribution is 7.99. The average molecular weight is 387 g/mol. The van der Waals surface area contributed by atoms with Crippen LogP contribution in [-0.2, 0) is 11.3 Å². The molecule has 2 aromatic rings. The molecule has 0 saturated heterocycles. The number of rotatable bonds is 6. The van der Waals surface area contributed by atoms with Crippen molar-refractivity contribution in [3.8, 4) is 0 Å². The Labute approximate surface area is 152 Å². The third-order valence-corrected chi connectivity index (χ3v) is 4.77. The summed E-state index contributed by atoms with van der Waals surface area (Å²) in [5.74, 6) is -2.15. The number of halogens is 4. The second-order valence-electron chi connectivity index (χ2n) is 5.50. The van der Waals surface area contributed by atoms with Gasteiger partial charge in [0.05, 0.1) is 24.1 Å². The molecule has 2 aromatic carbocycles. The van der Waals surface area contributed by atoms with Crippen molar-refractivity contribution < 1.29 is 27.1 Å². The van der Waals surface area contributed by atoms with E-state index in [2.05, 4.69) is 5.32 Å². The molecule has 0 unspecified atom stereocenters. The fourth-order valence-corrected chi connectivity index (χ4v) is 3.08. The number of alkyl halides is 3. The molecule has 2 rings (SSSR count). The third kappa shape index (κ3) is 5.39. The van der Waals surface area contributed by atoms with Crippen LogP contribution >= 0.6 is 11.8 Å². The Morgan fingerprint density at radius 1 is 1.23 bits per heavy atom. The van der Waals surface area contributed by atoms with Crippen molar-refractivity contribution in [2.24, 2.45) is 0 Å². The van der Waals surface area contributed by atoms with E-state index in [4.69, 9.17) is 4.74 Å². The summed E-state index contributed by atoms with van der Waals surface area (Å²) in [6.45, 7) is 1.67. The number of ether oxygens (including phenoxy) is 1. The van der Waals surface area contributed by atoms with Gasteiger partial charge < -0.3 is 10.1 Å². The summed E-state index contributed by atoms with van der Waals surface area (Å²) in [5, 5.41) is 2.84. The maximum atomic E-state index is 14.1. The van der Waals surface area contributed by atoms with E-state index < -0.39 is 23.7 Å². The molecule has 1 N–H and O–H groups in total. The van der Waals surface area contributed by atoms with Crippen molar-refractivity contribution in [1.82, 2.24) is 0 Å². The van der Waals surface area contributed by atoms with E-state index in [1.165, 1.54) is 19.2 Å². The van der Waals surface area contributed by atoms with Crippen LogP contribution in [-0.4, -0.2) is 25.0 Å². The predicted molar refractivity (Wildman–Crippen MR) is 93.0 cm³/mol. The Morgan fingerprint density at radius 2 is 1.92 bits per heavy atom. The van der Waals surface area contributed by atoms with E-state index in [1.54, 1.807) is 31.2 Å². The number of esters is 1. The van der Waals surface area contributed by atoms with Crippen LogP contribution in [0.2, 0.25) is 0 Å². The highest BCUT2D eigenvalue weighted by Crippen LogP contribution is 2.32. The van der Waals surface area contributed by atoms with Crippen molar-refractivity contribution in [1.29, 1.82) is 0 Å². The summed E-state index contributed by atoms with van der Waals surface area (Å²) >= 11 is 0.604. The van der Waals surface area contributed by atoms with Crippen LogP contribution in [0, 0.1) is 12.7 Å². The van der Waals surface area contributed by atoms with Gasteiger partial charge in [0.25, 0.3) is 0 Å². The lowest BCUT2D eigenvalue weighted by Gasteiger charge is -2.14. The molecule has 0 fully saturated rings. The van der Waals surface area contributed by atoms with Crippen LogP contribution in [0.25, 0.3) is 0 Å². The zero-order valence-corrected chi connectivity index (χ0v) is 14.9. The summed E-state index contributed by atoms with van der Waals surface area (Å²) in [6.07, 6.45) is -4.31. The Balaban J connectivity index is 2.19. The van der Waals surface area contributed by atoms with Gasteiger partial charge in [0.1, 0.15) is 5.82 Å². The molecule has 0 saturated carbocycles. The molecule has 0 spiro atoms. The van der Waals surface area contributed by atoms with Crippen LogP contribution in [0.4, 0.5) is 23.2 Å². The second-order valence-corrected chi connectivity index (χ2v) is 6.52. The lowest BCUT2D eigenvalue weighted by molar-refractivity contribution is -0.105. The van der Waals surface area contributed by atoms with E-state index >= 15 is 0 Å². The SMILES string of the molecule is COC(=O)c1ccccc1CNc1cc(SCC(F)(F)F)c(C)cc1F. The quantitative estimate of drug-likeness (QED) is 0.421. The topological polar surface area (TPSA) is 38.3 Å².